The molecule has 0 atom stereocenters. The monoisotopic (exact) mass is 317 g/mol. The van der Waals surface area contributed by atoms with Crippen LogP contribution in [0.5, 0.6) is 5.06 Å². The van der Waals surface area contributed by atoms with Crippen LogP contribution in [0.25, 0.3) is 11.3 Å². The number of amides is 1. The van der Waals surface area contributed by atoms with E-state index in [1.807, 2.05) is 17.9 Å². The van der Waals surface area contributed by atoms with Gasteiger partial charge in [-0.2, -0.15) is 5.10 Å². The van der Waals surface area contributed by atoms with E-state index < -0.39 is 0 Å². The predicted molar refractivity (Wildman–Crippen MR) is 85.3 cm³/mol. The zero-order valence-corrected chi connectivity index (χ0v) is 13.4. The van der Waals surface area contributed by atoms with Crippen molar-refractivity contribution >= 4 is 17.2 Å². The van der Waals surface area contributed by atoms with Crippen molar-refractivity contribution in [3.63, 3.8) is 0 Å². The Labute approximate surface area is 133 Å². The zero-order chi connectivity index (χ0) is 15.3. The third kappa shape index (κ3) is 2.05. The van der Waals surface area contributed by atoms with Crippen LogP contribution in [-0.2, 0) is 19.9 Å². The number of hydrogen-bond acceptors (Lipinski definition) is 4. The highest BCUT2D eigenvalue weighted by molar-refractivity contribution is 7.16. The van der Waals surface area contributed by atoms with Gasteiger partial charge in [0.15, 0.2) is 5.06 Å². The summed E-state index contributed by atoms with van der Waals surface area (Å²) in [6.07, 6.45) is 8.54. The van der Waals surface area contributed by atoms with E-state index in [4.69, 9.17) is 10.5 Å². The minimum atomic E-state index is -0.354. The molecule has 0 saturated heterocycles. The van der Waals surface area contributed by atoms with Crippen LogP contribution in [-0.4, -0.2) is 21.8 Å². The number of carbonyl (C=O) groups excluding carboxylic acids is 1. The van der Waals surface area contributed by atoms with Crippen LogP contribution in [0.4, 0.5) is 0 Å². The third-order valence-corrected chi connectivity index (χ3v) is 5.81. The van der Waals surface area contributed by atoms with Gasteiger partial charge in [0.1, 0.15) is 0 Å². The third-order valence-electron chi connectivity index (χ3n) is 4.67. The summed E-state index contributed by atoms with van der Waals surface area (Å²) in [6, 6.07) is 0. The van der Waals surface area contributed by atoms with E-state index in [9.17, 15) is 4.79 Å². The molecule has 0 spiro atoms. The van der Waals surface area contributed by atoms with Gasteiger partial charge in [0.05, 0.1) is 28.4 Å². The molecule has 0 aromatic carbocycles. The fourth-order valence-corrected chi connectivity index (χ4v) is 4.73. The highest BCUT2D eigenvalue weighted by Crippen LogP contribution is 2.47. The van der Waals surface area contributed by atoms with Crippen LogP contribution in [0.3, 0.4) is 0 Å². The summed E-state index contributed by atoms with van der Waals surface area (Å²) >= 11 is 1.41. The summed E-state index contributed by atoms with van der Waals surface area (Å²) in [4.78, 5) is 12.5. The van der Waals surface area contributed by atoms with E-state index in [0.29, 0.717) is 4.88 Å². The predicted octanol–water partition coefficient (Wildman–Crippen LogP) is 2.67. The first-order valence-electron chi connectivity index (χ1n) is 7.78. The van der Waals surface area contributed by atoms with Crippen molar-refractivity contribution in [2.75, 3.05) is 0 Å². The fraction of sp³-hybridized carbons (Fsp3) is 0.500. The molecule has 116 valence electrons. The number of ether oxygens (including phenoxy) is 1. The first kappa shape index (κ1) is 13.8. The average Bonchev–Trinajstić information content (AvgIpc) is 3.19. The highest BCUT2D eigenvalue weighted by Gasteiger charge is 2.32. The summed E-state index contributed by atoms with van der Waals surface area (Å²) in [5, 5.41) is 5.22. The summed E-state index contributed by atoms with van der Waals surface area (Å²) in [6.45, 7) is 0. The Hall–Kier alpha value is -1.82. The van der Waals surface area contributed by atoms with Crippen molar-refractivity contribution in [2.45, 2.75) is 44.6 Å². The molecule has 2 aromatic rings. The van der Waals surface area contributed by atoms with E-state index >= 15 is 0 Å². The summed E-state index contributed by atoms with van der Waals surface area (Å²) in [5.74, 6) is -0.354. The molecule has 1 fully saturated rings. The molecular formula is C16H19N3O2S. The number of hydrogen-bond donors (Lipinski definition) is 1. The zero-order valence-electron chi connectivity index (χ0n) is 12.6. The number of nitrogens with zero attached hydrogens (tertiary/aromatic N) is 2. The lowest BCUT2D eigenvalue weighted by atomic mass is 9.91. The molecular weight excluding hydrogens is 298 g/mol. The molecule has 2 heterocycles. The molecule has 4 rings (SSSR count). The lowest BCUT2D eigenvalue weighted by Crippen LogP contribution is -2.14. The van der Waals surface area contributed by atoms with Crippen molar-refractivity contribution < 1.29 is 9.53 Å². The Morgan fingerprint density at radius 1 is 1.41 bits per heavy atom. The Morgan fingerprint density at radius 3 is 2.91 bits per heavy atom. The van der Waals surface area contributed by atoms with Crippen molar-refractivity contribution in [2.24, 2.45) is 12.8 Å². The number of nitrogens with two attached hydrogens (primary N) is 1. The molecule has 1 saturated carbocycles. The molecule has 0 aliphatic heterocycles. The molecule has 22 heavy (non-hydrogen) atoms. The van der Waals surface area contributed by atoms with Gasteiger partial charge in [0, 0.05) is 7.05 Å². The highest BCUT2D eigenvalue weighted by atomic mass is 32.1. The first-order valence-corrected chi connectivity index (χ1v) is 8.60. The average molecular weight is 317 g/mol. The lowest BCUT2D eigenvalue weighted by molar-refractivity contribution is 0.100. The minimum absolute atomic E-state index is 0.266. The van der Waals surface area contributed by atoms with E-state index in [1.54, 1.807) is 0 Å². The summed E-state index contributed by atoms with van der Waals surface area (Å²) in [7, 11) is 1.94. The van der Waals surface area contributed by atoms with Crippen molar-refractivity contribution in [3.8, 4) is 16.3 Å². The molecule has 5 nitrogen and oxygen atoms in total. The van der Waals surface area contributed by atoms with Gasteiger partial charge in [-0.1, -0.05) is 11.3 Å². The van der Waals surface area contributed by atoms with Crippen molar-refractivity contribution in [1.29, 1.82) is 0 Å². The number of aromatic nitrogens is 2. The normalized spacial score (nSPS) is 17.3. The maximum atomic E-state index is 11.8. The molecule has 2 aliphatic rings. The van der Waals surface area contributed by atoms with E-state index in [0.717, 1.165) is 47.6 Å². The van der Waals surface area contributed by atoms with Gasteiger partial charge >= 0.3 is 0 Å². The Balaban J connectivity index is 1.85. The molecule has 0 unspecified atom stereocenters. The summed E-state index contributed by atoms with van der Waals surface area (Å²) in [5.41, 5.74) is 9.98. The summed E-state index contributed by atoms with van der Waals surface area (Å²) < 4.78 is 8.14. The largest absolute Gasteiger partial charge is 0.480 e. The SMILES string of the molecule is Cn1ncc2c1-c1c(OC3CCCC3)sc(C(N)=O)c1CC2. The standard InChI is InChI=1S/C16H19N3O2S/c1-19-13-9(8-18-19)6-7-11-12(13)16(22-14(11)15(17)20)21-10-4-2-3-5-10/h8,10H,2-7H2,1H3,(H2,17,20). The van der Waals surface area contributed by atoms with Gasteiger partial charge in [0.2, 0.25) is 0 Å². The van der Waals surface area contributed by atoms with Gasteiger partial charge < -0.3 is 10.5 Å². The number of fused-ring (bicyclic) bond motifs is 3. The van der Waals surface area contributed by atoms with Crippen LogP contribution < -0.4 is 10.5 Å². The second-order valence-corrected chi connectivity index (χ2v) is 7.09. The Morgan fingerprint density at radius 2 is 2.18 bits per heavy atom. The molecule has 2 aromatic heterocycles. The van der Waals surface area contributed by atoms with Crippen LogP contribution in [0.15, 0.2) is 6.20 Å². The molecule has 1 amide bonds. The molecule has 2 N–H and O–H groups in total. The molecule has 0 radical (unpaired) electrons. The van der Waals surface area contributed by atoms with Crippen LogP contribution >= 0.6 is 11.3 Å². The van der Waals surface area contributed by atoms with Gasteiger partial charge in [-0.25, -0.2) is 0 Å². The molecule has 2 aliphatic carbocycles. The van der Waals surface area contributed by atoms with Crippen LogP contribution in [0, 0.1) is 0 Å². The van der Waals surface area contributed by atoms with E-state index in [1.165, 1.54) is 29.7 Å². The number of thiophene rings is 1. The maximum absolute atomic E-state index is 11.8. The Kier molecular flexibility index (Phi) is 3.22. The van der Waals surface area contributed by atoms with E-state index in [-0.39, 0.29) is 12.0 Å². The minimum Gasteiger partial charge on any atom is -0.480 e. The maximum Gasteiger partial charge on any atom is 0.259 e. The number of carbonyl (C=O) groups is 1. The Bertz CT molecular complexity index is 741. The van der Waals surface area contributed by atoms with Crippen LogP contribution in [0.2, 0.25) is 0 Å². The van der Waals surface area contributed by atoms with Crippen LogP contribution in [0.1, 0.15) is 46.5 Å². The second-order valence-electron chi connectivity index (χ2n) is 6.10. The second kappa shape index (κ2) is 5.12. The van der Waals surface area contributed by atoms with Crippen molar-refractivity contribution in [1.82, 2.24) is 9.78 Å². The van der Waals surface area contributed by atoms with Crippen molar-refractivity contribution in [3.05, 3.63) is 22.2 Å². The van der Waals surface area contributed by atoms with Gasteiger partial charge in [-0.05, 0) is 49.7 Å². The number of primary amides is 1. The van der Waals surface area contributed by atoms with Gasteiger partial charge in [-0.15, -0.1) is 0 Å². The lowest BCUT2D eigenvalue weighted by Gasteiger charge is -2.18. The number of rotatable bonds is 3. The first-order chi connectivity index (χ1) is 10.6. The number of aryl methyl sites for hydroxylation is 2. The quantitative estimate of drug-likeness (QED) is 0.946. The molecule has 6 heteroatoms. The fourth-order valence-electron chi connectivity index (χ4n) is 3.61. The smallest absolute Gasteiger partial charge is 0.259 e. The van der Waals surface area contributed by atoms with E-state index in [2.05, 4.69) is 5.10 Å². The topological polar surface area (TPSA) is 70.1 Å². The van der Waals surface area contributed by atoms with Gasteiger partial charge in [0.25, 0.3) is 5.91 Å². The molecule has 0 bridgehead atoms. The van der Waals surface area contributed by atoms with Gasteiger partial charge in [-0.3, -0.25) is 9.48 Å².